The van der Waals surface area contributed by atoms with Gasteiger partial charge >= 0.3 is 5.97 Å². The van der Waals surface area contributed by atoms with E-state index in [0.29, 0.717) is 16.7 Å². The zero-order valence-electron chi connectivity index (χ0n) is 10.6. The van der Waals surface area contributed by atoms with E-state index >= 15 is 0 Å². The molecular formula is C15H14N2O2. The molecule has 2 rings (SSSR count). The Kier molecular flexibility index (Phi) is 3.67. The summed E-state index contributed by atoms with van der Waals surface area (Å²) in [6.45, 7) is 1.99. The van der Waals surface area contributed by atoms with Crippen molar-refractivity contribution in [2.24, 2.45) is 0 Å². The fourth-order valence-electron chi connectivity index (χ4n) is 1.86. The number of rotatable bonds is 4. The predicted molar refractivity (Wildman–Crippen MR) is 75.2 cm³/mol. The highest BCUT2D eigenvalue weighted by atomic mass is 16.4. The Morgan fingerprint density at radius 2 is 2.26 bits per heavy atom. The van der Waals surface area contributed by atoms with Crippen LogP contribution in [0.2, 0.25) is 0 Å². The Hall–Kier alpha value is -2.54. The first-order chi connectivity index (χ1) is 9.15. The Morgan fingerprint density at radius 1 is 1.47 bits per heavy atom. The maximum absolute atomic E-state index is 11.1. The summed E-state index contributed by atoms with van der Waals surface area (Å²) in [5.74, 6) is 2.33. The lowest BCUT2D eigenvalue weighted by Crippen LogP contribution is -2.16. The summed E-state index contributed by atoms with van der Waals surface area (Å²) in [5.41, 5.74) is 0.886. The Balaban J connectivity index is 2.42. The normalized spacial score (nSPS) is 11.8. The summed E-state index contributed by atoms with van der Waals surface area (Å²) in [6.07, 6.45) is 6.19. The second-order valence-corrected chi connectivity index (χ2v) is 4.15. The second kappa shape index (κ2) is 5.40. The second-order valence-electron chi connectivity index (χ2n) is 4.15. The molecule has 2 aromatic rings. The zero-order valence-corrected chi connectivity index (χ0v) is 10.6. The van der Waals surface area contributed by atoms with Gasteiger partial charge in [0, 0.05) is 5.39 Å². The highest BCUT2D eigenvalue weighted by molar-refractivity contribution is 6.02. The third kappa shape index (κ3) is 2.66. The third-order valence-corrected chi connectivity index (χ3v) is 2.89. The van der Waals surface area contributed by atoms with Gasteiger partial charge in [-0.1, -0.05) is 18.9 Å². The van der Waals surface area contributed by atoms with E-state index in [1.807, 2.05) is 6.92 Å². The smallest absolute Gasteiger partial charge is 0.336 e. The first-order valence-electron chi connectivity index (χ1n) is 6.01. The Bertz CT molecular complexity index is 659. The predicted octanol–water partition coefficient (Wildman–Crippen LogP) is 2.76. The number of carbonyl (C=O) groups is 1. The van der Waals surface area contributed by atoms with E-state index in [1.165, 1.54) is 0 Å². The minimum Gasteiger partial charge on any atom is -0.478 e. The van der Waals surface area contributed by atoms with Crippen molar-refractivity contribution in [3.8, 4) is 12.3 Å². The number of fused-ring (bicyclic) bond motifs is 1. The summed E-state index contributed by atoms with van der Waals surface area (Å²) in [5, 5.41) is 12.8. The average molecular weight is 254 g/mol. The molecule has 1 heterocycles. The monoisotopic (exact) mass is 254 g/mol. The van der Waals surface area contributed by atoms with Gasteiger partial charge in [0.1, 0.15) is 5.82 Å². The van der Waals surface area contributed by atoms with Crippen LogP contribution in [0.5, 0.6) is 0 Å². The summed E-state index contributed by atoms with van der Waals surface area (Å²) in [6, 6.07) is 8.44. The largest absolute Gasteiger partial charge is 0.478 e. The van der Waals surface area contributed by atoms with Crippen LogP contribution in [0.4, 0.5) is 5.82 Å². The number of hydrogen-bond acceptors (Lipinski definition) is 3. The van der Waals surface area contributed by atoms with E-state index in [9.17, 15) is 4.79 Å². The van der Waals surface area contributed by atoms with Crippen LogP contribution in [0.3, 0.4) is 0 Å². The van der Waals surface area contributed by atoms with Gasteiger partial charge in [-0.3, -0.25) is 0 Å². The van der Waals surface area contributed by atoms with E-state index in [1.54, 1.807) is 30.3 Å². The van der Waals surface area contributed by atoms with Crippen molar-refractivity contribution < 1.29 is 9.90 Å². The van der Waals surface area contributed by atoms with E-state index in [2.05, 4.69) is 16.2 Å². The maximum Gasteiger partial charge on any atom is 0.336 e. The molecule has 0 spiro atoms. The fraction of sp³-hybridized carbons (Fsp3) is 0.200. The van der Waals surface area contributed by atoms with Crippen LogP contribution in [0, 0.1) is 12.3 Å². The van der Waals surface area contributed by atoms with Crippen molar-refractivity contribution >= 4 is 22.7 Å². The summed E-state index contributed by atoms with van der Waals surface area (Å²) in [4.78, 5) is 15.5. The number of terminal acetylenes is 1. The molecule has 0 bridgehead atoms. The fourth-order valence-corrected chi connectivity index (χ4v) is 1.86. The SMILES string of the molecule is C#CC(CC)Nc1ccc2c(C(=O)O)cccc2n1. The molecule has 4 heteroatoms. The molecule has 2 N–H and O–H groups in total. The molecule has 0 amide bonds. The number of aromatic carboxylic acids is 1. The van der Waals surface area contributed by atoms with Crippen LogP contribution < -0.4 is 5.32 Å². The molecule has 0 fully saturated rings. The van der Waals surface area contributed by atoms with Crippen molar-refractivity contribution in [3.63, 3.8) is 0 Å². The van der Waals surface area contributed by atoms with Crippen LogP contribution in [0.25, 0.3) is 10.9 Å². The van der Waals surface area contributed by atoms with Crippen molar-refractivity contribution in [1.29, 1.82) is 0 Å². The topological polar surface area (TPSA) is 62.2 Å². The maximum atomic E-state index is 11.1. The lowest BCUT2D eigenvalue weighted by molar-refractivity contribution is 0.0699. The first-order valence-corrected chi connectivity index (χ1v) is 6.01. The Morgan fingerprint density at radius 3 is 2.89 bits per heavy atom. The van der Waals surface area contributed by atoms with Crippen molar-refractivity contribution in [1.82, 2.24) is 4.98 Å². The molecule has 0 aliphatic carbocycles. The number of nitrogens with zero attached hydrogens (tertiary/aromatic N) is 1. The van der Waals surface area contributed by atoms with Crippen LogP contribution in [0.1, 0.15) is 23.7 Å². The van der Waals surface area contributed by atoms with Crippen LogP contribution in [-0.4, -0.2) is 22.1 Å². The molecule has 1 atom stereocenters. The molecular weight excluding hydrogens is 240 g/mol. The molecule has 1 aromatic carbocycles. The molecule has 1 unspecified atom stereocenters. The highest BCUT2D eigenvalue weighted by Gasteiger charge is 2.09. The number of nitrogens with one attached hydrogen (secondary N) is 1. The summed E-state index contributed by atoms with van der Waals surface area (Å²) in [7, 11) is 0. The zero-order chi connectivity index (χ0) is 13.8. The number of benzene rings is 1. The van der Waals surface area contributed by atoms with Crippen molar-refractivity contribution in [2.45, 2.75) is 19.4 Å². The van der Waals surface area contributed by atoms with Gasteiger partial charge in [-0.25, -0.2) is 9.78 Å². The summed E-state index contributed by atoms with van der Waals surface area (Å²) >= 11 is 0. The number of pyridine rings is 1. The van der Waals surface area contributed by atoms with Gasteiger partial charge in [0.25, 0.3) is 0 Å². The number of aromatic nitrogens is 1. The van der Waals surface area contributed by atoms with Gasteiger partial charge in [-0.15, -0.1) is 6.42 Å². The standard InChI is InChI=1S/C15H14N2O2/c1-3-10(4-2)16-14-9-8-11-12(15(18)19)6-5-7-13(11)17-14/h1,5-10H,4H2,2H3,(H,16,17)(H,18,19). The van der Waals surface area contributed by atoms with Gasteiger partial charge in [-0.05, 0) is 30.7 Å². The van der Waals surface area contributed by atoms with E-state index in [0.717, 1.165) is 6.42 Å². The first kappa shape index (κ1) is 12.9. The lowest BCUT2D eigenvalue weighted by Gasteiger charge is -2.12. The van der Waals surface area contributed by atoms with Crippen molar-refractivity contribution in [3.05, 3.63) is 35.9 Å². The molecule has 0 radical (unpaired) electrons. The molecule has 0 saturated carbocycles. The Labute approximate surface area is 111 Å². The number of carboxylic acid groups (broad SMARTS) is 1. The van der Waals surface area contributed by atoms with Gasteiger partial charge in [0.15, 0.2) is 0 Å². The minimum absolute atomic E-state index is 0.0763. The van der Waals surface area contributed by atoms with Crippen LogP contribution in [-0.2, 0) is 0 Å². The molecule has 0 aliphatic heterocycles. The van der Waals surface area contributed by atoms with Gasteiger partial charge < -0.3 is 10.4 Å². The molecule has 19 heavy (non-hydrogen) atoms. The lowest BCUT2D eigenvalue weighted by atomic mass is 10.1. The number of carboxylic acids is 1. The van der Waals surface area contributed by atoms with E-state index in [4.69, 9.17) is 11.5 Å². The molecule has 0 aliphatic rings. The minimum atomic E-state index is -0.955. The van der Waals surface area contributed by atoms with Crippen LogP contribution >= 0.6 is 0 Å². The van der Waals surface area contributed by atoms with Crippen LogP contribution in [0.15, 0.2) is 30.3 Å². The third-order valence-electron chi connectivity index (χ3n) is 2.89. The van der Waals surface area contributed by atoms with Gasteiger partial charge in [-0.2, -0.15) is 0 Å². The molecule has 1 aromatic heterocycles. The summed E-state index contributed by atoms with van der Waals surface area (Å²) < 4.78 is 0. The average Bonchev–Trinajstić information content (AvgIpc) is 2.43. The highest BCUT2D eigenvalue weighted by Crippen LogP contribution is 2.20. The van der Waals surface area contributed by atoms with E-state index < -0.39 is 5.97 Å². The molecule has 96 valence electrons. The number of hydrogen-bond donors (Lipinski definition) is 2. The number of anilines is 1. The van der Waals surface area contributed by atoms with E-state index in [-0.39, 0.29) is 11.6 Å². The van der Waals surface area contributed by atoms with Gasteiger partial charge in [0.2, 0.25) is 0 Å². The quantitative estimate of drug-likeness (QED) is 0.823. The van der Waals surface area contributed by atoms with Crippen molar-refractivity contribution in [2.75, 3.05) is 5.32 Å². The molecule has 4 nitrogen and oxygen atoms in total. The molecule has 0 saturated heterocycles. The van der Waals surface area contributed by atoms with Gasteiger partial charge in [0.05, 0.1) is 17.1 Å².